The van der Waals surface area contributed by atoms with E-state index < -0.39 is 0 Å². The van der Waals surface area contributed by atoms with Gasteiger partial charge < -0.3 is 0 Å². The molecule has 0 aliphatic carbocycles. The Morgan fingerprint density at radius 2 is 0.875 bits per heavy atom. The molecule has 3 aromatic carbocycles. The summed E-state index contributed by atoms with van der Waals surface area (Å²) in [5, 5.41) is 0. The minimum atomic E-state index is 1.01. The minimum Gasteiger partial charge on any atom is -0.0590 e. The van der Waals surface area contributed by atoms with Gasteiger partial charge in [0.05, 0.1) is 0 Å². The second kappa shape index (κ2) is 7.05. The van der Waals surface area contributed by atoms with Gasteiger partial charge in [-0.2, -0.15) is 0 Å². The molecule has 0 bridgehead atoms. The molecule has 0 unspecified atom stereocenters. The van der Waals surface area contributed by atoms with Crippen LogP contribution >= 0.6 is 0 Å². The summed E-state index contributed by atoms with van der Waals surface area (Å²) in [6.45, 7) is 8.71. The van der Waals surface area contributed by atoms with E-state index in [1.165, 1.54) is 44.5 Å². The number of aryl methyl sites for hydroxylation is 4. The summed E-state index contributed by atoms with van der Waals surface area (Å²) in [6.07, 6.45) is 2.02. The van der Waals surface area contributed by atoms with Crippen LogP contribution in [0.25, 0.3) is 0 Å². The van der Waals surface area contributed by atoms with Crippen LogP contribution < -0.4 is 0 Å². The highest BCUT2D eigenvalue weighted by Crippen LogP contribution is 2.19. The SMILES string of the molecule is Cc1ccc(Cc2ccc(Cc3ccc(C)cc3C)cc2)c(C)c1. The van der Waals surface area contributed by atoms with Gasteiger partial charge in [0.25, 0.3) is 0 Å². The van der Waals surface area contributed by atoms with Crippen LogP contribution in [0.5, 0.6) is 0 Å². The molecule has 0 radical (unpaired) electrons. The van der Waals surface area contributed by atoms with E-state index >= 15 is 0 Å². The van der Waals surface area contributed by atoms with Crippen molar-refractivity contribution < 1.29 is 0 Å². The molecule has 0 atom stereocenters. The Hall–Kier alpha value is -2.34. The summed E-state index contributed by atoms with van der Waals surface area (Å²) < 4.78 is 0. The number of benzene rings is 3. The highest BCUT2D eigenvalue weighted by Gasteiger charge is 2.03. The topological polar surface area (TPSA) is 0 Å². The summed E-state index contributed by atoms with van der Waals surface area (Å²) in [4.78, 5) is 0. The van der Waals surface area contributed by atoms with Crippen molar-refractivity contribution in [1.29, 1.82) is 0 Å². The molecule has 0 aliphatic heterocycles. The zero-order valence-corrected chi connectivity index (χ0v) is 15.2. The van der Waals surface area contributed by atoms with Crippen molar-refractivity contribution in [3.8, 4) is 0 Å². The van der Waals surface area contributed by atoms with Gasteiger partial charge in [-0.25, -0.2) is 0 Å². The molecular formula is C24H26. The summed E-state index contributed by atoms with van der Waals surface area (Å²) in [5.41, 5.74) is 11.0. The van der Waals surface area contributed by atoms with Gasteiger partial charge in [-0.05, 0) is 73.9 Å². The summed E-state index contributed by atoms with van der Waals surface area (Å²) >= 11 is 0. The molecule has 0 N–H and O–H groups in total. The fourth-order valence-electron chi connectivity index (χ4n) is 3.30. The van der Waals surface area contributed by atoms with E-state index in [0.717, 1.165) is 12.8 Å². The van der Waals surface area contributed by atoms with E-state index in [2.05, 4.69) is 88.4 Å². The van der Waals surface area contributed by atoms with Crippen LogP contribution in [0, 0.1) is 27.7 Å². The van der Waals surface area contributed by atoms with Gasteiger partial charge in [-0.3, -0.25) is 0 Å². The maximum atomic E-state index is 2.28. The highest BCUT2D eigenvalue weighted by atomic mass is 14.1. The van der Waals surface area contributed by atoms with E-state index in [1.807, 2.05) is 0 Å². The third kappa shape index (κ3) is 3.94. The van der Waals surface area contributed by atoms with Gasteiger partial charge in [-0.1, -0.05) is 71.8 Å². The normalized spacial score (nSPS) is 10.8. The van der Waals surface area contributed by atoms with Gasteiger partial charge in [0.1, 0.15) is 0 Å². The van der Waals surface area contributed by atoms with Crippen LogP contribution in [-0.2, 0) is 12.8 Å². The standard InChI is InChI=1S/C24H26/c1-17-5-11-23(19(3)13-17)15-21-7-9-22(10-8-21)16-24-12-6-18(2)14-20(24)4/h5-14H,15-16H2,1-4H3. The molecule has 0 heterocycles. The Balaban J connectivity index is 1.73. The third-order valence-electron chi connectivity index (χ3n) is 4.81. The summed E-state index contributed by atoms with van der Waals surface area (Å²) in [6, 6.07) is 22.6. The minimum absolute atomic E-state index is 1.01. The lowest BCUT2D eigenvalue weighted by Gasteiger charge is -2.10. The lowest BCUT2D eigenvalue weighted by molar-refractivity contribution is 1.12. The smallest absolute Gasteiger partial charge is 0.00231 e. The van der Waals surface area contributed by atoms with Gasteiger partial charge in [0.15, 0.2) is 0 Å². The monoisotopic (exact) mass is 314 g/mol. The quantitative estimate of drug-likeness (QED) is 0.545. The molecule has 0 nitrogen and oxygen atoms in total. The van der Waals surface area contributed by atoms with Crippen molar-refractivity contribution in [1.82, 2.24) is 0 Å². The average Bonchev–Trinajstić information content (AvgIpc) is 2.54. The molecule has 3 rings (SSSR count). The van der Waals surface area contributed by atoms with E-state index in [0.29, 0.717) is 0 Å². The van der Waals surface area contributed by atoms with Crippen LogP contribution in [0.2, 0.25) is 0 Å². The molecule has 0 spiro atoms. The molecule has 3 aromatic rings. The van der Waals surface area contributed by atoms with Crippen LogP contribution in [0.4, 0.5) is 0 Å². The maximum absolute atomic E-state index is 2.28. The Morgan fingerprint density at radius 1 is 0.500 bits per heavy atom. The average molecular weight is 314 g/mol. The van der Waals surface area contributed by atoms with Crippen molar-refractivity contribution in [2.45, 2.75) is 40.5 Å². The number of hydrogen-bond acceptors (Lipinski definition) is 0. The van der Waals surface area contributed by atoms with Crippen LogP contribution in [0.3, 0.4) is 0 Å². The van der Waals surface area contributed by atoms with Gasteiger partial charge >= 0.3 is 0 Å². The first kappa shape index (κ1) is 16.5. The Kier molecular flexibility index (Phi) is 4.85. The summed E-state index contributed by atoms with van der Waals surface area (Å²) in [5.74, 6) is 0. The Bertz CT molecular complexity index is 766. The molecule has 0 aliphatic rings. The first-order valence-electron chi connectivity index (χ1n) is 8.71. The molecule has 122 valence electrons. The molecule has 0 fully saturated rings. The molecule has 0 aromatic heterocycles. The molecular weight excluding hydrogens is 288 g/mol. The van der Waals surface area contributed by atoms with Crippen molar-refractivity contribution >= 4 is 0 Å². The summed E-state index contributed by atoms with van der Waals surface area (Å²) in [7, 11) is 0. The fraction of sp³-hybridized carbons (Fsp3) is 0.250. The largest absolute Gasteiger partial charge is 0.0590 e. The van der Waals surface area contributed by atoms with Crippen molar-refractivity contribution in [2.75, 3.05) is 0 Å². The van der Waals surface area contributed by atoms with E-state index in [-0.39, 0.29) is 0 Å². The first-order valence-corrected chi connectivity index (χ1v) is 8.71. The highest BCUT2D eigenvalue weighted by molar-refractivity contribution is 5.38. The number of rotatable bonds is 4. The number of hydrogen-bond donors (Lipinski definition) is 0. The van der Waals surface area contributed by atoms with Crippen molar-refractivity contribution in [3.05, 3.63) is 105 Å². The lowest BCUT2D eigenvalue weighted by Crippen LogP contribution is -1.95. The molecule has 24 heavy (non-hydrogen) atoms. The van der Waals surface area contributed by atoms with Crippen LogP contribution in [0.1, 0.15) is 44.5 Å². The molecule has 0 saturated carbocycles. The zero-order chi connectivity index (χ0) is 17.1. The predicted molar refractivity (Wildman–Crippen MR) is 104 cm³/mol. The third-order valence-corrected chi connectivity index (χ3v) is 4.81. The predicted octanol–water partition coefficient (Wildman–Crippen LogP) is 6.10. The second-order valence-corrected chi connectivity index (χ2v) is 7.03. The van der Waals surface area contributed by atoms with Gasteiger partial charge in [0, 0.05) is 0 Å². The zero-order valence-electron chi connectivity index (χ0n) is 15.2. The maximum Gasteiger partial charge on any atom is -0.00231 e. The van der Waals surface area contributed by atoms with Crippen molar-refractivity contribution in [2.24, 2.45) is 0 Å². The Labute approximate surface area is 146 Å². The van der Waals surface area contributed by atoms with E-state index in [9.17, 15) is 0 Å². The molecule has 0 heteroatoms. The first-order chi connectivity index (χ1) is 11.5. The lowest BCUT2D eigenvalue weighted by atomic mass is 9.96. The van der Waals surface area contributed by atoms with Gasteiger partial charge in [0.2, 0.25) is 0 Å². The van der Waals surface area contributed by atoms with Crippen LogP contribution in [-0.4, -0.2) is 0 Å². The van der Waals surface area contributed by atoms with Gasteiger partial charge in [-0.15, -0.1) is 0 Å². The second-order valence-electron chi connectivity index (χ2n) is 7.03. The fourth-order valence-corrected chi connectivity index (χ4v) is 3.30. The molecule has 0 amide bonds. The van der Waals surface area contributed by atoms with Crippen molar-refractivity contribution in [3.63, 3.8) is 0 Å². The van der Waals surface area contributed by atoms with Crippen LogP contribution in [0.15, 0.2) is 60.7 Å². The van der Waals surface area contributed by atoms with E-state index in [1.54, 1.807) is 0 Å². The Morgan fingerprint density at radius 3 is 1.21 bits per heavy atom. The van der Waals surface area contributed by atoms with E-state index in [4.69, 9.17) is 0 Å². The molecule has 0 saturated heterocycles.